The molecule has 1 atom stereocenters. The van der Waals surface area contributed by atoms with E-state index < -0.39 is 11.0 Å². The molecule has 2 aromatic carbocycles. The molecule has 0 spiro atoms. The average molecular weight is 434 g/mol. The third kappa shape index (κ3) is 5.95. The maximum atomic E-state index is 11.8. The van der Waals surface area contributed by atoms with Gasteiger partial charge in [-0.1, -0.05) is 18.2 Å². The number of nitro groups is 1. The number of nitrogens with one attached hydrogen (secondary N) is 1. The van der Waals surface area contributed by atoms with Gasteiger partial charge in [0.25, 0.3) is 5.69 Å². The fourth-order valence-corrected chi connectivity index (χ4v) is 2.99. The van der Waals surface area contributed by atoms with Crippen molar-refractivity contribution >= 4 is 30.3 Å². The largest absolute Gasteiger partial charge is 0.494 e. The minimum absolute atomic E-state index is 0. The number of benzene rings is 2. The molecule has 8 nitrogen and oxygen atoms in total. The molecule has 0 fully saturated rings. The van der Waals surface area contributed by atoms with Crippen molar-refractivity contribution in [3.63, 3.8) is 0 Å². The highest BCUT2D eigenvalue weighted by molar-refractivity contribution is 5.85. The van der Waals surface area contributed by atoms with Crippen molar-refractivity contribution in [1.82, 2.24) is 10.2 Å². The lowest BCUT2D eigenvalue weighted by atomic mass is 9.98. The average Bonchev–Trinajstić information content (AvgIpc) is 2.90. The molecular weight excluding hydrogens is 410 g/mol. The minimum atomic E-state index is -0.437. The zero-order chi connectivity index (χ0) is 20.8. The summed E-state index contributed by atoms with van der Waals surface area (Å²) < 4.78 is 11.1. The second-order valence-electron chi connectivity index (χ2n) is 6.80. The molecule has 0 radical (unpaired) electrons. The summed E-state index contributed by atoms with van der Waals surface area (Å²) >= 11 is 0. The molecular formula is C21H24ClN3O5. The molecule has 1 unspecified atom stereocenters. The van der Waals surface area contributed by atoms with E-state index in [2.05, 4.69) is 5.32 Å². The summed E-state index contributed by atoms with van der Waals surface area (Å²) in [5, 5.41) is 14.2. The quantitative estimate of drug-likeness (QED) is 0.542. The second kappa shape index (κ2) is 10.6. The highest BCUT2D eigenvalue weighted by Gasteiger charge is 2.18. The highest BCUT2D eigenvalue weighted by atomic mass is 35.5. The van der Waals surface area contributed by atoms with E-state index in [0.29, 0.717) is 31.1 Å². The Morgan fingerprint density at radius 3 is 2.57 bits per heavy atom. The molecule has 1 aliphatic heterocycles. The summed E-state index contributed by atoms with van der Waals surface area (Å²) in [4.78, 5) is 23.4. The van der Waals surface area contributed by atoms with E-state index in [1.165, 1.54) is 17.0 Å². The van der Waals surface area contributed by atoms with Crippen LogP contribution in [0.25, 0.3) is 6.08 Å². The van der Waals surface area contributed by atoms with Crippen molar-refractivity contribution in [2.45, 2.75) is 12.5 Å². The van der Waals surface area contributed by atoms with Crippen molar-refractivity contribution in [1.29, 1.82) is 0 Å². The van der Waals surface area contributed by atoms with E-state index in [9.17, 15) is 14.9 Å². The number of carbonyl (C=O) groups is 1. The molecule has 30 heavy (non-hydrogen) atoms. The van der Waals surface area contributed by atoms with Crippen molar-refractivity contribution in [2.24, 2.45) is 0 Å². The predicted octanol–water partition coefficient (Wildman–Crippen LogP) is 4.20. The maximum absolute atomic E-state index is 11.8. The minimum Gasteiger partial charge on any atom is -0.494 e. The molecule has 0 aliphatic carbocycles. The van der Waals surface area contributed by atoms with Gasteiger partial charge in [-0.2, -0.15) is 0 Å². The summed E-state index contributed by atoms with van der Waals surface area (Å²) in [5.41, 5.74) is 2.11. The molecule has 0 bridgehead atoms. The Bertz CT molecular complexity index is 915. The molecule has 0 aromatic heterocycles. The van der Waals surface area contributed by atoms with Crippen LogP contribution in [-0.4, -0.2) is 43.2 Å². The monoisotopic (exact) mass is 433 g/mol. The number of nitro benzene ring substituents is 1. The first-order valence-corrected chi connectivity index (χ1v) is 9.24. The van der Waals surface area contributed by atoms with Crippen LogP contribution >= 0.6 is 12.4 Å². The van der Waals surface area contributed by atoms with Gasteiger partial charge in [0, 0.05) is 45.2 Å². The molecule has 2 aromatic rings. The van der Waals surface area contributed by atoms with Gasteiger partial charge in [0.05, 0.1) is 11.5 Å². The predicted molar refractivity (Wildman–Crippen MR) is 116 cm³/mol. The summed E-state index contributed by atoms with van der Waals surface area (Å²) in [6.07, 6.45) is 4.32. The summed E-state index contributed by atoms with van der Waals surface area (Å²) in [5.74, 6) is 1.09. The zero-order valence-electron chi connectivity index (χ0n) is 16.7. The topological polar surface area (TPSA) is 93.9 Å². The number of amides is 1. The SMILES string of the molecule is CN(C)C(=O)Oc1ccc2c(c1)C=CCNC2CCOc1ccc([N+](=O)[O-])cc1.Cl. The van der Waals surface area contributed by atoms with Crippen LogP contribution in [0.1, 0.15) is 23.6 Å². The molecule has 0 saturated carbocycles. The van der Waals surface area contributed by atoms with E-state index in [1.807, 2.05) is 24.3 Å². The molecule has 1 heterocycles. The first-order valence-electron chi connectivity index (χ1n) is 9.24. The lowest BCUT2D eigenvalue weighted by Gasteiger charge is -2.20. The second-order valence-corrected chi connectivity index (χ2v) is 6.80. The van der Waals surface area contributed by atoms with Gasteiger partial charge < -0.3 is 19.7 Å². The van der Waals surface area contributed by atoms with Crippen molar-refractivity contribution in [3.8, 4) is 11.5 Å². The van der Waals surface area contributed by atoms with Crippen LogP contribution in [0.3, 0.4) is 0 Å². The zero-order valence-corrected chi connectivity index (χ0v) is 17.6. The van der Waals surface area contributed by atoms with Gasteiger partial charge >= 0.3 is 6.09 Å². The third-order valence-corrected chi connectivity index (χ3v) is 4.51. The summed E-state index contributed by atoms with van der Waals surface area (Å²) in [6.45, 7) is 1.16. The first-order chi connectivity index (χ1) is 13.9. The van der Waals surface area contributed by atoms with Crippen molar-refractivity contribution in [3.05, 3.63) is 69.8 Å². The van der Waals surface area contributed by atoms with E-state index in [0.717, 1.165) is 11.1 Å². The molecule has 0 saturated heterocycles. The van der Waals surface area contributed by atoms with Gasteiger partial charge in [0.1, 0.15) is 11.5 Å². The third-order valence-electron chi connectivity index (χ3n) is 4.51. The number of ether oxygens (including phenoxy) is 2. The van der Waals surface area contributed by atoms with Crippen LogP contribution < -0.4 is 14.8 Å². The number of rotatable bonds is 6. The highest BCUT2D eigenvalue weighted by Crippen LogP contribution is 2.28. The molecule has 1 amide bonds. The Balaban J connectivity index is 0.00000320. The number of hydrogen-bond donors (Lipinski definition) is 1. The Kier molecular flexibility index (Phi) is 8.20. The van der Waals surface area contributed by atoms with Crippen LogP contribution in [-0.2, 0) is 0 Å². The number of carbonyl (C=O) groups excluding carboxylic acids is 1. The Morgan fingerprint density at radius 1 is 1.20 bits per heavy atom. The lowest BCUT2D eigenvalue weighted by Crippen LogP contribution is -2.25. The Labute approximate surface area is 181 Å². The normalized spacial score (nSPS) is 14.7. The van der Waals surface area contributed by atoms with E-state index in [-0.39, 0.29) is 24.1 Å². The van der Waals surface area contributed by atoms with Crippen molar-refractivity contribution in [2.75, 3.05) is 27.2 Å². The van der Waals surface area contributed by atoms with E-state index in [1.54, 1.807) is 32.3 Å². The maximum Gasteiger partial charge on any atom is 0.414 e. The number of non-ortho nitro benzene ring substituents is 1. The van der Waals surface area contributed by atoms with Gasteiger partial charge in [-0.3, -0.25) is 10.1 Å². The number of halogens is 1. The van der Waals surface area contributed by atoms with Crippen LogP contribution in [0.15, 0.2) is 48.5 Å². The standard InChI is InChI=1S/C21H23N3O5.ClH/c1-23(2)21(25)29-18-9-10-19-15(14-18)4-3-12-22-20(19)11-13-28-17-7-5-16(6-8-17)24(26)27;/h3-10,14,20,22H,11-13H2,1-2H3;1H. The number of fused-ring (bicyclic) bond motifs is 1. The number of nitrogens with zero attached hydrogens (tertiary/aromatic N) is 2. The summed E-state index contributed by atoms with van der Waals surface area (Å²) in [7, 11) is 3.27. The van der Waals surface area contributed by atoms with Gasteiger partial charge in [-0.25, -0.2) is 4.79 Å². The van der Waals surface area contributed by atoms with Crippen LogP contribution in [0.2, 0.25) is 0 Å². The van der Waals surface area contributed by atoms with Crippen LogP contribution in [0.4, 0.5) is 10.5 Å². The lowest BCUT2D eigenvalue weighted by molar-refractivity contribution is -0.384. The van der Waals surface area contributed by atoms with Gasteiger partial charge in [-0.15, -0.1) is 12.4 Å². The Hall–Kier alpha value is -3.10. The molecule has 9 heteroatoms. The number of hydrogen-bond acceptors (Lipinski definition) is 6. The molecule has 1 aliphatic rings. The van der Waals surface area contributed by atoms with Crippen LogP contribution in [0, 0.1) is 10.1 Å². The smallest absolute Gasteiger partial charge is 0.414 e. The summed E-state index contributed by atoms with van der Waals surface area (Å²) in [6, 6.07) is 11.7. The van der Waals surface area contributed by atoms with E-state index >= 15 is 0 Å². The Morgan fingerprint density at radius 2 is 1.90 bits per heavy atom. The molecule has 160 valence electrons. The van der Waals surface area contributed by atoms with E-state index in [4.69, 9.17) is 9.47 Å². The van der Waals surface area contributed by atoms with Gasteiger partial charge in [-0.05, 0) is 35.4 Å². The fourth-order valence-electron chi connectivity index (χ4n) is 2.99. The van der Waals surface area contributed by atoms with Gasteiger partial charge in [0.15, 0.2) is 0 Å². The first kappa shape index (κ1) is 23.2. The fraction of sp³-hybridized carbons (Fsp3) is 0.286. The molecule has 1 N–H and O–H groups in total. The van der Waals surface area contributed by atoms with Crippen LogP contribution in [0.5, 0.6) is 11.5 Å². The molecule has 3 rings (SSSR count). The van der Waals surface area contributed by atoms with Gasteiger partial charge in [0.2, 0.25) is 0 Å². The van der Waals surface area contributed by atoms with Crippen molar-refractivity contribution < 1.29 is 19.2 Å².